The van der Waals surface area contributed by atoms with Crippen LogP contribution in [0.2, 0.25) is 0 Å². The summed E-state index contributed by atoms with van der Waals surface area (Å²) >= 11 is 0. The molecule has 0 aromatic heterocycles. The lowest BCUT2D eigenvalue weighted by Gasteiger charge is -2.38. The molecule has 0 unspecified atom stereocenters. The first-order valence-corrected chi connectivity index (χ1v) is 9.73. The number of hydrogen-bond donors (Lipinski definition) is 1. The lowest BCUT2D eigenvalue weighted by molar-refractivity contribution is 0.000463. The number of piperidine rings is 2. The first-order chi connectivity index (χ1) is 12.4. The van der Waals surface area contributed by atoms with Gasteiger partial charge >= 0.3 is 6.09 Å². The Hall–Kier alpha value is -0.990. The molecule has 0 aromatic carbocycles. The average molecular weight is 425 g/mol. The second kappa shape index (κ2) is 13.3. The summed E-state index contributed by atoms with van der Waals surface area (Å²) in [4.78, 5) is 17.2. The molecule has 0 saturated carbocycles. The SMILES string of the molecule is C.C.CN1CC[C@H](N(C)C(=O)OC(C)(C)C)[C@H](F)C1.CN[C@H]1CCN(C)C[C@H]1F. The van der Waals surface area contributed by atoms with Gasteiger partial charge in [-0.1, -0.05) is 14.9 Å². The number of amides is 1. The predicted octanol–water partition coefficient (Wildman–Crippen LogP) is 3.42. The van der Waals surface area contributed by atoms with E-state index in [9.17, 15) is 13.6 Å². The molecule has 0 bridgehead atoms. The summed E-state index contributed by atoms with van der Waals surface area (Å²) in [5.74, 6) is 0. The third-order valence-corrected chi connectivity index (χ3v) is 5.00. The lowest BCUT2D eigenvalue weighted by Crippen LogP contribution is -2.52. The lowest BCUT2D eigenvalue weighted by atomic mass is 10.0. The zero-order valence-corrected chi connectivity index (χ0v) is 18.0. The number of hydrogen-bond acceptors (Lipinski definition) is 5. The summed E-state index contributed by atoms with van der Waals surface area (Å²) in [5, 5.41) is 2.97. The van der Waals surface area contributed by atoms with Gasteiger partial charge in [0.25, 0.3) is 0 Å². The van der Waals surface area contributed by atoms with E-state index in [-0.39, 0.29) is 26.9 Å². The highest BCUT2D eigenvalue weighted by molar-refractivity contribution is 5.68. The van der Waals surface area contributed by atoms with Crippen molar-refractivity contribution in [3.8, 4) is 0 Å². The van der Waals surface area contributed by atoms with E-state index in [1.165, 1.54) is 4.90 Å². The van der Waals surface area contributed by atoms with Gasteiger partial charge in [-0.05, 0) is 61.3 Å². The van der Waals surface area contributed by atoms with Crippen LogP contribution in [0.15, 0.2) is 0 Å². The third-order valence-electron chi connectivity index (χ3n) is 5.00. The van der Waals surface area contributed by atoms with Gasteiger partial charge in [-0.15, -0.1) is 0 Å². The number of rotatable bonds is 2. The molecular formula is C21H46F2N4O2. The number of alkyl halides is 2. The van der Waals surface area contributed by atoms with E-state index in [0.717, 1.165) is 19.5 Å². The first-order valence-electron chi connectivity index (χ1n) is 9.73. The molecule has 2 rings (SSSR count). The minimum Gasteiger partial charge on any atom is -0.444 e. The molecular weight excluding hydrogens is 378 g/mol. The molecule has 4 atom stereocenters. The molecule has 2 fully saturated rings. The van der Waals surface area contributed by atoms with Crippen LogP contribution in [0.1, 0.15) is 48.5 Å². The van der Waals surface area contributed by atoms with Crippen molar-refractivity contribution < 1.29 is 18.3 Å². The minimum absolute atomic E-state index is 0. The fourth-order valence-electron chi connectivity index (χ4n) is 3.33. The Morgan fingerprint density at radius 3 is 1.93 bits per heavy atom. The minimum atomic E-state index is -1.01. The molecule has 0 radical (unpaired) electrons. The van der Waals surface area contributed by atoms with Crippen LogP contribution in [0.3, 0.4) is 0 Å². The van der Waals surface area contributed by atoms with E-state index >= 15 is 0 Å². The van der Waals surface area contributed by atoms with E-state index in [2.05, 4.69) is 5.32 Å². The number of carbonyl (C=O) groups is 1. The molecule has 2 aliphatic heterocycles. The Labute approximate surface area is 177 Å². The Morgan fingerprint density at radius 1 is 1.03 bits per heavy atom. The number of halogens is 2. The Morgan fingerprint density at radius 2 is 1.52 bits per heavy atom. The van der Waals surface area contributed by atoms with Crippen molar-refractivity contribution in [2.24, 2.45) is 0 Å². The van der Waals surface area contributed by atoms with Gasteiger partial charge in [0.1, 0.15) is 17.9 Å². The maximum atomic E-state index is 13.9. The van der Waals surface area contributed by atoms with Gasteiger partial charge < -0.3 is 24.8 Å². The zero-order valence-electron chi connectivity index (χ0n) is 18.0. The van der Waals surface area contributed by atoms with Crippen LogP contribution in [-0.2, 0) is 4.74 Å². The summed E-state index contributed by atoms with van der Waals surface area (Å²) < 4.78 is 32.1. The highest BCUT2D eigenvalue weighted by atomic mass is 19.1. The first kappa shape index (κ1) is 30.2. The Kier molecular flexibility index (Phi) is 13.9. The van der Waals surface area contributed by atoms with Gasteiger partial charge in [-0.25, -0.2) is 13.6 Å². The van der Waals surface area contributed by atoms with Crippen LogP contribution in [0, 0.1) is 0 Å². The molecule has 176 valence electrons. The van der Waals surface area contributed by atoms with Crippen LogP contribution < -0.4 is 5.32 Å². The quantitative estimate of drug-likeness (QED) is 0.736. The van der Waals surface area contributed by atoms with Gasteiger partial charge in [0.05, 0.1) is 6.04 Å². The predicted molar refractivity (Wildman–Crippen MR) is 118 cm³/mol. The van der Waals surface area contributed by atoms with Crippen molar-refractivity contribution in [1.82, 2.24) is 20.0 Å². The maximum Gasteiger partial charge on any atom is 0.410 e. The number of carbonyl (C=O) groups excluding carboxylic acids is 1. The molecule has 29 heavy (non-hydrogen) atoms. The average Bonchev–Trinajstić information content (AvgIpc) is 2.53. The molecule has 2 heterocycles. The van der Waals surface area contributed by atoms with Crippen molar-refractivity contribution in [3.05, 3.63) is 0 Å². The van der Waals surface area contributed by atoms with Gasteiger partial charge in [0, 0.05) is 32.7 Å². The molecule has 2 saturated heterocycles. The smallest absolute Gasteiger partial charge is 0.410 e. The van der Waals surface area contributed by atoms with Gasteiger partial charge in [-0.3, -0.25) is 0 Å². The van der Waals surface area contributed by atoms with Gasteiger partial charge in [0.15, 0.2) is 0 Å². The summed E-state index contributed by atoms with van der Waals surface area (Å²) in [6.45, 7) is 8.18. The standard InChI is InChI=1S/C12H23FN2O2.C7H15FN2.2CH4/c1-12(2,3)17-11(16)15(5)10-6-7-14(4)8-9(10)13;1-9-7-3-4-10(2)5-6(7)8;;/h9-10H,6-8H2,1-5H3;6-7,9H,3-5H2,1-2H3;2*1H4/t9-,10+;6-,7+;;/m11../s1. The fourth-order valence-corrected chi connectivity index (χ4v) is 3.33. The number of likely N-dealkylation sites (tertiary alicyclic amines) is 2. The highest BCUT2D eigenvalue weighted by Crippen LogP contribution is 2.20. The number of nitrogens with zero attached hydrogens (tertiary/aromatic N) is 3. The van der Waals surface area contributed by atoms with Crippen LogP contribution in [0.25, 0.3) is 0 Å². The van der Waals surface area contributed by atoms with Crippen molar-refractivity contribution >= 4 is 6.09 Å². The third kappa shape index (κ3) is 10.6. The summed E-state index contributed by atoms with van der Waals surface area (Å²) in [5.41, 5.74) is -0.539. The van der Waals surface area contributed by atoms with E-state index in [1.807, 2.05) is 30.9 Å². The second-order valence-corrected chi connectivity index (χ2v) is 8.69. The topological polar surface area (TPSA) is 48.1 Å². The van der Waals surface area contributed by atoms with Crippen molar-refractivity contribution in [3.63, 3.8) is 0 Å². The van der Waals surface area contributed by atoms with Crippen LogP contribution in [0.4, 0.5) is 13.6 Å². The van der Waals surface area contributed by atoms with Crippen molar-refractivity contribution in [2.45, 2.75) is 78.5 Å². The summed E-state index contributed by atoms with van der Waals surface area (Å²) in [6, 6.07) is -0.294. The summed E-state index contributed by atoms with van der Waals surface area (Å²) in [7, 11) is 7.27. The highest BCUT2D eigenvalue weighted by Gasteiger charge is 2.34. The van der Waals surface area contributed by atoms with Crippen LogP contribution in [-0.4, -0.2) is 105 Å². The maximum absolute atomic E-state index is 13.9. The molecule has 6 nitrogen and oxygen atoms in total. The molecule has 1 amide bonds. The number of ether oxygens (including phenoxy) is 1. The van der Waals surface area contributed by atoms with Gasteiger partial charge in [0.2, 0.25) is 0 Å². The zero-order chi connectivity index (χ0) is 20.8. The van der Waals surface area contributed by atoms with Crippen molar-refractivity contribution in [2.75, 3.05) is 54.4 Å². The Bertz CT molecular complexity index is 462. The monoisotopic (exact) mass is 424 g/mol. The van der Waals surface area contributed by atoms with E-state index < -0.39 is 24.0 Å². The largest absolute Gasteiger partial charge is 0.444 e. The second-order valence-electron chi connectivity index (χ2n) is 8.69. The fraction of sp³-hybridized carbons (Fsp3) is 0.952. The van der Waals surface area contributed by atoms with Gasteiger partial charge in [-0.2, -0.15) is 0 Å². The van der Waals surface area contributed by atoms with Crippen LogP contribution in [0.5, 0.6) is 0 Å². The van der Waals surface area contributed by atoms with Crippen LogP contribution >= 0.6 is 0 Å². The molecule has 0 aromatic rings. The molecule has 8 heteroatoms. The van der Waals surface area contributed by atoms with E-state index in [1.54, 1.807) is 27.8 Å². The normalized spacial score (nSPS) is 28.2. The van der Waals surface area contributed by atoms with E-state index in [4.69, 9.17) is 4.74 Å². The molecule has 0 aliphatic carbocycles. The van der Waals surface area contributed by atoms with E-state index in [0.29, 0.717) is 19.5 Å². The van der Waals surface area contributed by atoms with Crippen molar-refractivity contribution in [1.29, 1.82) is 0 Å². The Balaban J connectivity index is 0. The number of nitrogens with one attached hydrogen (secondary N) is 1. The summed E-state index contributed by atoms with van der Waals surface area (Å²) in [6.07, 6.45) is -0.577. The molecule has 1 N–H and O–H groups in total. The molecule has 0 spiro atoms. The molecule has 2 aliphatic rings.